The number of hydrogen-bond donors (Lipinski definition) is 4. The van der Waals surface area contributed by atoms with Crippen molar-refractivity contribution >= 4 is 34.5 Å². The zero-order valence-electron chi connectivity index (χ0n) is 16.5. The Kier molecular flexibility index (Phi) is 7.89. The van der Waals surface area contributed by atoms with Crippen molar-refractivity contribution in [3.8, 4) is 0 Å². The molecule has 0 bridgehead atoms. The van der Waals surface area contributed by atoms with E-state index in [1.807, 2.05) is 0 Å². The second-order valence-corrected chi connectivity index (χ2v) is 8.42. The molecular weight excluding hydrogens is 439 g/mol. The van der Waals surface area contributed by atoms with Crippen molar-refractivity contribution in [2.45, 2.75) is 25.6 Å². The molecule has 0 saturated carbocycles. The Morgan fingerprint density at radius 1 is 1.37 bits per heavy atom. The van der Waals surface area contributed by atoms with Gasteiger partial charge in [0.25, 0.3) is 5.91 Å². The van der Waals surface area contributed by atoms with Crippen molar-refractivity contribution < 1.29 is 23.7 Å². The van der Waals surface area contributed by atoms with E-state index in [1.54, 1.807) is 20.0 Å². The number of halogens is 4. The number of quaternary nitrogens is 1. The summed E-state index contributed by atoms with van der Waals surface area (Å²) < 4.78 is 39.7. The third kappa shape index (κ3) is 5.73. The number of nitrogens with one attached hydrogen (secondary N) is 1. The lowest BCUT2D eigenvalue weighted by Gasteiger charge is -2.19. The standard InChI is InChI=1S/C19H23ClF3N5OS/c1-10-13(16(17(20)25)28(2)26)8-15(30-10)18(29)27-12(9-24)7-11-5-3-4-6-14(11)19(21,22)23/h3-6,8,12H,7,9,24-26H2,1-2H3,(H,27,29)/p+1/b17-16-/t12-/m0/s1. The average molecular weight is 463 g/mol. The van der Waals surface area contributed by atoms with Gasteiger partial charge in [-0.3, -0.25) is 4.79 Å². The smallest absolute Gasteiger partial charge is 0.347 e. The maximum absolute atomic E-state index is 13.2. The van der Waals surface area contributed by atoms with E-state index in [1.165, 1.54) is 34.5 Å². The maximum atomic E-state index is 13.2. The number of nitrogens with two attached hydrogens (primary N) is 2. The molecule has 2 rings (SSSR count). The van der Waals surface area contributed by atoms with Gasteiger partial charge in [0, 0.05) is 30.1 Å². The number of thiophene rings is 1. The van der Waals surface area contributed by atoms with Crippen molar-refractivity contribution in [3.05, 3.63) is 61.9 Å². The molecule has 0 radical (unpaired) electrons. The second kappa shape index (κ2) is 9.80. The van der Waals surface area contributed by atoms with Crippen LogP contribution in [0.5, 0.6) is 0 Å². The average Bonchev–Trinajstić information content (AvgIpc) is 3.01. The van der Waals surface area contributed by atoms with Crippen LogP contribution in [0.15, 0.2) is 35.5 Å². The second-order valence-electron chi connectivity index (χ2n) is 6.71. The van der Waals surface area contributed by atoms with Gasteiger partial charge in [-0.15, -0.1) is 11.3 Å². The number of carbonyl (C=O) groups excluding carboxylic acids is 1. The first-order valence-electron chi connectivity index (χ1n) is 8.92. The van der Waals surface area contributed by atoms with Gasteiger partial charge in [0.15, 0.2) is 0 Å². The van der Waals surface area contributed by atoms with Gasteiger partial charge in [0.2, 0.25) is 5.16 Å². The number of rotatable bonds is 7. The van der Waals surface area contributed by atoms with Crippen LogP contribution in [0.25, 0.3) is 5.70 Å². The van der Waals surface area contributed by atoms with Crippen LogP contribution >= 0.6 is 22.9 Å². The van der Waals surface area contributed by atoms with E-state index in [2.05, 4.69) is 11.1 Å². The summed E-state index contributed by atoms with van der Waals surface area (Å²) in [5.74, 6) is 5.37. The Hall–Kier alpha value is -2.11. The minimum Gasteiger partial charge on any atom is -0.347 e. The Balaban J connectivity index is 2.24. The Morgan fingerprint density at radius 3 is 2.53 bits per heavy atom. The molecule has 0 fully saturated rings. The molecule has 11 heteroatoms. The van der Waals surface area contributed by atoms with Crippen LogP contribution in [0, 0.1) is 6.92 Å². The third-order valence-electron chi connectivity index (χ3n) is 4.42. The number of aryl methyl sites for hydroxylation is 1. The highest BCUT2D eigenvalue weighted by molar-refractivity contribution is 7.14. The number of carbonyl (C=O) groups is 1. The van der Waals surface area contributed by atoms with Crippen LogP contribution in [0.4, 0.5) is 13.2 Å². The van der Waals surface area contributed by atoms with Gasteiger partial charge < -0.3 is 21.8 Å². The lowest BCUT2D eigenvalue weighted by atomic mass is 9.99. The summed E-state index contributed by atoms with van der Waals surface area (Å²) >= 11 is 7.24. The van der Waals surface area contributed by atoms with Crippen LogP contribution < -0.4 is 22.6 Å². The van der Waals surface area contributed by atoms with Crippen molar-refractivity contribution in [2.75, 3.05) is 13.6 Å². The summed E-state index contributed by atoms with van der Waals surface area (Å²) in [4.78, 5) is 13.9. The summed E-state index contributed by atoms with van der Waals surface area (Å²) in [6.07, 6.45) is -4.53. The zero-order chi connectivity index (χ0) is 22.6. The number of hydrazine groups is 1. The van der Waals surface area contributed by atoms with E-state index < -0.39 is 23.7 Å². The molecule has 1 amide bonds. The Morgan fingerprint density at radius 2 is 2.00 bits per heavy atom. The van der Waals surface area contributed by atoms with Gasteiger partial charge in [-0.2, -0.15) is 13.2 Å². The van der Waals surface area contributed by atoms with Gasteiger partial charge in [-0.05, 0) is 42.6 Å². The van der Waals surface area contributed by atoms with Gasteiger partial charge in [0.1, 0.15) is 5.70 Å². The van der Waals surface area contributed by atoms with E-state index in [-0.39, 0.29) is 23.7 Å². The Bertz CT molecular complexity index is 938. The molecule has 6 nitrogen and oxygen atoms in total. The SMILES string of the molecule is Cc1sc(C(=O)N[C@H](CN)Cc2ccccc2C(F)(F)F)cc1/C(=C(/[NH3+])Cl)N(C)N. The number of nitrogens with zero attached hydrogens (tertiary/aromatic N) is 1. The highest BCUT2D eigenvalue weighted by Crippen LogP contribution is 2.33. The van der Waals surface area contributed by atoms with Crippen molar-refractivity contribution in [1.29, 1.82) is 0 Å². The first-order chi connectivity index (χ1) is 14.0. The molecule has 1 atom stereocenters. The van der Waals surface area contributed by atoms with Gasteiger partial charge in [-0.1, -0.05) is 18.2 Å². The van der Waals surface area contributed by atoms with Crippen LogP contribution in [0.1, 0.15) is 31.2 Å². The minimum atomic E-state index is -4.48. The summed E-state index contributed by atoms with van der Waals surface area (Å²) in [5, 5.41) is 4.24. The molecule has 0 aliphatic carbocycles. The van der Waals surface area contributed by atoms with Crippen molar-refractivity contribution in [1.82, 2.24) is 10.3 Å². The molecule has 8 N–H and O–H groups in total. The first kappa shape index (κ1) is 24.2. The molecule has 30 heavy (non-hydrogen) atoms. The lowest BCUT2D eigenvalue weighted by molar-refractivity contribution is -0.286. The predicted octanol–water partition coefficient (Wildman–Crippen LogP) is 2.29. The molecule has 0 saturated heterocycles. The molecule has 0 aliphatic rings. The highest BCUT2D eigenvalue weighted by Gasteiger charge is 2.33. The fourth-order valence-corrected chi connectivity index (χ4v) is 4.21. The van der Waals surface area contributed by atoms with Crippen molar-refractivity contribution in [3.63, 3.8) is 0 Å². The normalized spacial score (nSPS) is 13.6. The molecule has 164 valence electrons. The van der Waals surface area contributed by atoms with Crippen molar-refractivity contribution in [2.24, 2.45) is 11.6 Å². The minimum absolute atomic E-state index is 0.0173. The van der Waals surface area contributed by atoms with Crippen LogP contribution in [-0.4, -0.2) is 30.6 Å². The third-order valence-corrected chi connectivity index (χ3v) is 5.64. The molecule has 0 aliphatic heterocycles. The highest BCUT2D eigenvalue weighted by atomic mass is 35.5. The predicted molar refractivity (Wildman–Crippen MR) is 112 cm³/mol. The van der Waals surface area contributed by atoms with Crippen LogP contribution in [0.3, 0.4) is 0 Å². The number of benzene rings is 1. The van der Waals surface area contributed by atoms with Gasteiger partial charge in [0.05, 0.1) is 10.4 Å². The van der Waals surface area contributed by atoms with E-state index in [4.69, 9.17) is 23.2 Å². The monoisotopic (exact) mass is 462 g/mol. The van der Waals surface area contributed by atoms with E-state index >= 15 is 0 Å². The fourth-order valence-electron chi connectivity index (χ4n) is 3.05. The van der Waals surface area contributed by atoms with E-state index in [9.17, 15) is 18.0 Å². The van der Waals surface area contributed by atoms with Crippen LogP contribution in [0.2, 0.25) is 0 Å². The maximum Gasteiger partial charge on any atom is 0.416 e. The summed E-state index contributed by atoms with van der Waals surface area (Å²) in [7, 11) is 1.60. The molecular formula is C19H24ClF3N5OS+. The number of amides is 1. The lowest BCUT2D eigenvalue weighted by Crippen LogP contribution is -2.47. The van der Waals surface area contributed by atoms with E-state index in [0.717, 1.165) is 10.9 Å². The van der Waals surface area contributed by atoms with Gasteiger partial charge in [-0.25, -0.2) is 5.84 Å². The largest absolute Gasteiger partial charge is 0.416 e. The molecule has 0 spiro atoms. The van der Waals surface area contributed by atoms with Crippen LogP contribution in [-0.2, 0) is 12.6 Å². The summed E-state index contributed by atoms with van der Waals surface area (Å²) in [6, 6.07) is 6.20. The Labute approximate surface area is 181 Å². The summed E-state index contributed by atoms with van der Waals surface area (Å²) in [6.45, 7) is 1.79. The molecule has 1 aromatic heterocycles. The quantitative estimate of drug-likeness (QED) is 0.287. The molecule has 1 aromatic carbocycles. The summed E-state index contributed by atoms with van der Waals surface area (Å²) in [5.41, 5.74) is 9.87. The number of alkyl halides is 3. The fraction of sp³-hybridized carbons (Fsp3) is 0.316. The number of hydrogen-bond acceptors (Lipinski definition) is 5. The van der Waals surface area contributed by atoms with E-state index in [0.29, 0.717) is 16.1 Å². The van der Waals surface area contributed by atoms with Gasteiger partial charge >= 0.3 is 6.18 Å². The molecule has 0 unspecified atom stereocenters. The molecule has 1 heterocycles. The topological polar surface area (TPSA) is 112 Å². The first-order valence-corrected chi connectivity index (χ1v) is 10.1. The zero-order valence-corrected chi connectivity index (χ0v) is 18.1. The molecule has 2 aromatic rings.